The van der Waals surface area contributed by atoms with Crippen LogP contribution in [-0.2, 0) is 22.4 Å². The molecule has 2 aromatic rings. The van der Waals surface area contributed by atoms with E-state index in [1.807, 2.05) is 6.92 Å². The maximum absolute atomic E-state index is 12.2. The maximum atomic E-state index is 12.2. The molecule has 0 aliphatic heterocycles. The Labute approximate surface area is 160 Å². The summed E-state index contributed by atoms with van der Waals surface area (Å²) in [6, 6.07) is 13.4. The van der Waals surface area contributed by atoms with Crippen molar-refractivity contribution in [2.75, 3.05) is 11.9 Å². The molecule has 0 saturated carbocycles. The third-order valence-electron chi connectivity index (χ3n) is 4.79. The topological polar surface area (TPSA) is 67.4 Å². The predicted molar refractivity (Wildman–Crippen MR) is 106 cm³/mol. The third kappa shape index (κ3) is 5.33. The van der Waals surface area contributed by atoms with Crippen molar-refractivity contribution >= 4 is 17.5 Å². The largest absolute Gasteiger partial charge is 0.484 e. The molecule has 1 atom stereocenters. The van der Waals surface area contributed by atoms with E-state index in [1.165, 1.54) is 30.9 Å². The number of hydrogen-bond acceptors (Lipinski definition) is 3. The van der Waals surface area contributed by atoms with Crippen LogP contribution in [0.15, 0.2) is 42.5 Å². The molecule has 0 bridgehead atoms. The number of anilines is 1. The van der Waals surface area contributed by atoms with Crippen LogP contribution in [0.3, 0.4) is 0 Å². The molecule has 5 nitrogen and oxygen atoms in total. The first-order chi connectivity index (χ1) is 13.0. The Morgan fingerprint density at radius 3 is 2.44 bits per heavy atom. The molecule has 0 radical (unpaired) electrons. The van der Waals surface area contributed by atoms with Crippen LogP contribution in [-0.4, -0.2) is 18.4 Å². The van der Waals surface area contributed by atoms with Gasteiger partial charge in [0, 0.05) is 12.6 Å². The lowest BCUT2D eigenvalue weighted by atomic mass is 9.89. The van der Waals surface area contributed by atoms with Gasteiger partial charge in [0.25, 0.3) is 5.91 Å². The Morgan fingerprint density at radius 2 is 1.74 bits per heavy atom. The van der Waals surface area contributed by atoms with Crippen molar-refractivity contribution in [3.8, 4) is 5.75 Å². The van der Waals surface area contributed by atoms with Gasteiger partial charge in [-0.1, -0.05) is 18.2 Å². The van der Waals surface area contributed by atoms with Gasteiger partial charge < -0.3 is 15.4 Å². The minimum atomic E-state index is -0.161. The number of aryl methyl sites for hydroxylation is 2. The number of ether oxygens (including phenoxy) is 1. The minimum Gasteiger partial charge on any atom is -0.484 e. The molecule has 27 heavy (non-hydrogen) atoms. The van der Waals surface area contributed by atoms with Gasteiger partial charge in [-0.25, -0.2) is 0 Å². The predicted octanol–water partition coefficient (Wildman–Crippen LogP) is 3.78. The number of fused-ring (bicyclic) bond motifs is 1. The second-order valence-corrected chi connectivity index (χ2v) is 7.02. The highest BCUT2D eigenvalue weighted by atomic mass is 16.5. The summed E-state index contributed by atoms with van der Waals surface area (Å²) < 4.78 is 5.53. The van der Waals surface area contributed by atoms with Crippen molar-refractivity contribution in [1.82, 2.24) is 5.32 Å². The fourth-order valence-corrected chi connectivity index (χ4v) is 3.38. The van der Waals surface area contributed by atoms with Crippen LogP contribution in [0.25, 0.3) is 0 Å². The Bertz CT molecular complexity index is 815. The lowest BCUT2D eigenvalue weighted by molar-refractivity contribution is -0.123. The molecule has 0 unspecified atom stereocenters. The van der Waals surface area contributed by atoms with Crippen LogP contribution >= 0.6 is 0 Å². The average Bonchev–Trinajstić information content (AvgIpc) is 2.66. The van der Waals surface area contributed by atoms with Gasteiger partial charge in [-0.15, -0.1) is 0 Å². The molecule has 2 amide bonds. The Hall–Kier alpha value is -2.82. The third-order valence-corrected chi connectivity index (χ3v) is 4.79. The molecular formula is C22H26N2O3. The van der Waals surface area contributed by atoms with E-state index in [1.54, 1.807) is 24.3 Å². The minimum absolute atomic E-state index is 0.0469. The van der Waals surface area contributed by atoms with E-state index in [-0.39, 0.29) is 24.5 Å². The first-order valence-electron chi connectivity index (χ1n) is 9.43. The highest BCUT2D eigenvalue weighted by molar-refractivity contribution is 5.88. The number of nitrogens with one attached hydrogen (secondary N) is 2. The number of hydrogen-bond donors (Lipinski definition) is 2. The monoisotopic (exact) mass is 366 g/mol. The molecule has 0 saturated heterocycles. The van der Waals surface area contributed by atoms with Crippen LogP contribution in [0.4, 0.5) is 5.69 Å². The zero-order valence-corrected chi connectivity index (χ0v) is 15.9. The van der Waals surface area contributed by atoms with Crippen LogP contribution in [0.1, 0.15) is 49.4 Å². The molecule has 0 fully saturated rings. The first kappa shape index (κ1) is 19.0. The highest BCUT2D eigenvalue weighted by Crippen LogP contribution is 2.24. The van der Waals surface area contributed by atoms with Gasteiger partial charge in [0.2, 0.25) is 5.91 Å². The number of benzene rings is 2. The Kier molecular flexibility index (Phi) is 6.12. The number of carbonyl (C=O) groups is 2. The lowest BCUT2D eigenvalue weighted by Crippen LogP contribution is -2.31. The zero-order valence-electron chi connectivity index (χ0n) is 15.9. The van der Waals surface area contributed by atoms with Crippen molar-refractivity contribution in [3.05, 3.63) is 59.2 Å². The Balaban J connectivity index is 1.50. The van der Waals surface area contributed by atoms with Crippen molar-refractivity contribution in [1.29, 1.82) is 0 Å². The van der Waals surface area contributed by atoms with Gasteiger partial charge in [-0.2, -0.15) is 0 Å². The summed E-state index contributed by atoms with van der Waals surface area (Å²) in [6.45, 7) is 3.40. The lowest BCUT2D eigenvalue weighted by Gasteiger charge is -2.20. The van der Waals surface area contributed by atoms with Crippen LogP contribution in [0.5, 0.6) is 5.75 Å². The van der Waals surface area contributed by atoms with E-state index in [0.717, 1.165) is 18.4 Å². The van der Waals surface area contributed by atoms with Gasteiger partial charge in [-0.3, -0.25) is 9.59 Å². The van der Waals surface area contributed by atoms with Gasteiger partial charge >= 0.3 is 0 Å². The summed E-state index contributed by atoms with van der Waals surface area (Å²) >= 11 is 0. The Morgan fingerprint density at radius 1 is 1.04 bits per heavy atom. The summed E-state index contributed by atoms with van der Waals surface area (Å²) in [5.41, 5.74) is 4.67. The van der Waals surface area contributed by atoms with Crippen molar-refractivity contribution in [2.24, 2.45) is 0 Å². The normalized spacial score (nSPS) is 14.0. The van der Waals surface area contributed by atoms with E-state index in [2.05, 4.69) is 28.8 Å². The van der Waals surface area contributed by atoms with E-state index in [4.69, 9.17) is 4.74 Å². The molecule has 1 aliphatic rings. The van der Waals surface area contributed by atoms with E-state index in [0.29, 0.717) is 11.4 Å². The molecule has 2 aromatic carbocycles. The van der Waals surface area contributed by atoms with E-state index >= 15 is 0 Å². The molecule has 0 aromatic heterocycles. The van der Waals surface area contributed by atoms with Crippen LogP contribution in [0, 0.1) is 0 Å². The SMILES string of the molecule is CC(=O)Nc1ccc(OCC(=O)N[C@H](C)c2ccc3c(c2)CCCC3)cc1. The summed E-state index contributed by atoms with van der Waals surface area (Å²) in [4.78, 5) is 23.2. The van der Waals surface area contributed by atoms with Crippen molar-refractivity contribution in [2.45, 2.75) is 45.6 Å². The molecule has 1 aliphatic carbocycles. The van der Waals surface area contributed by atoms with Gasteiger partial charge in [0.05, 0.1) is 6.04 Å². The van der Waals surface area contributed by atoms with E-state index in [9.17, 15) is 9.59 Å². The summed E-state index contributed by atoms with van der Waals surface area (Å²) in [5.74, 6) is 0.297. The van der Waals surface area contributed by atoms with Crippen LogP contribution in [0.2, 0.25) is 0 Å². The molecule has 0 spiro atoms. The molecule has 0 heterocycles. The zero-order chi connectivity index (χ0) is 19.2. The van der Waals surface area contributed by atoms with Gasteiger partial charge in [0.15, 0.2) is 6.61 Å². The number of rotatable bonds is 6. The van der Waals surface area contributed by atoms with E-state index < -0.39 is 0 Å². The summed E-state index contributed by atoms with van der Waals surface area (Å²) in [5, 5.41) is 5.68. The molecular weight excluding hydrogens is 340 g/mol. The summed E-state index contributed by atoms with van der Waals surface area (Å²) in [6.07, 6.45) is 4.79. The van der Waals surface area contributed by atoms with Crippen molar-refractivity contribution in [3.63, 3.8) is 0 Å². The first-order valence-corrected chi connectivity index (χ1v) is 9.43. The van der Waals surface area contributed by atoms with Crippen molar-refractivity contribution < 1.29 is 14.3 Å². The second kappa shape index (κ2) is 8.71. The number of carbonyl (C=O) groups excluding carboxylic acids is 2. The molecule has 5 heteroatoms. The van der Waals surface area contributed by atoms with Gasteiger partial charge in [-0.05, 0) is 73.6 Å². The average molecular weight is 366 g/mol. The number of amides is 2. The fraction of sp³-hybridized carbons (Fsp3) is 0.364. The van der Waals surface area contributed by atoms with Crippen LogP contribution < -0.4 is 15.4 Å². The standard InChI is InChI=1S/C22H26N2O3/c1-15(18-8-7-17-5-3-4-6-19(17)13-18)23-22(26)14-27-21-11-9-20(10-12-21)24-16(2)25/h7-13,15H,3-6,14H2,1-2H3,(H,23,26)(H,24,25)/t15-/m1/s1. The highest BCUT2D eigenvalue weighted by Gasteiger charge is 2.14. The van der Waals surface area contributed by atoms with Gasteiger partial charge in [0.1, 0.15) is 5.75 Å². The quantitative estimate of drug-likeness (QED) is 0.817. The summed E-state index contributed by atoms with van der Waals surface area (Å²) in [7, 11) is 0. The smallest absolute Gasteiger partial charge is 0.258 e. The molecule has 142 valence electrons. The molecule has 3 rings (SSSR count). The second-order valence-electron chi connectivity index (χ2n) is 7.02. The molecule has 2 N–H and O–H groups in total. The maximum Gasteiger partial charge on any atom is 0.258 e. The fourth-order valence-electron chi connectivity index (χ4n) is 3.38.